The third-order valence-electron chi connectivity index (χ3n) is 4.80. The van der Waals surface area contributed by atoms with Crippen molar-refractivity contribution in [3.8, 4) is 6.07 Å². The van der Waals surface area contributed by atoms with Crippen molar-refractivity contribution in [2.24, 2.45) is 0 Å². The van der Waals surface area contributed by atoms with Crippen LogP contribution in [0.2, 0.25) is 0 Å². The van der Waals surface area contributed by atoms with E-state index >= 15 is 0 Å². The van der Waals surface area contributed by atoms with Gasteiger partial charge in [-0.15, -0.1) is 0 Å². The van der Waals surface area contributed by atoms with Crippen LogP contribution in [0.3, 0.4) is 0 Å². The normalized spacial score (nSPS) is 14.5. The number of nitriles is 1. The predicted molar refractivity (Wildman–Crippen MR) is 107 cm³/mol. The molecule has 1 amide bonds. The van der Waals surface area contributed by atoms with Gasteiger partial charge in [-0.3, -0.25) is 4.79 Å². The van der Waals surface area contributed by atoms with Crippen LogP contribution < -0.4 is 5.32 Å². The number of rotatable bonds is 7. The van der Waals surface area contributed by atoms with Crippen molar-refractivity contribution in [1.82, 2.24) is 5.32 Å². The van der Waals surface area contributed by atoms with Gasteiger partial charge in [-0.1, -0.05) is 18.2 Å². The van der Waals surface area contributed by atoms with Crippen LogP contribution in [0.4, 0.5) is 8.78 Å². The molecule has 30 heavy (non-hydrogen) atoms. The highest BCUT2D eigenvalue weighted by Crippen LogP contribution is 2.30. The number of ether oxygens (including phenoxy) is 2. The van der Waals surface area contributed by atoms with Gasteiger partial charge in [0.15, 0.2) is 6.10 Å². The van der Waals surface area contributed by atoms with Gasteiger partial charge in [-0.25, -0.2) is 8.78 Å². The van der Waals surface area contributed by atoms with E-state index in [1.807, 2.05) is 6.07 Å². The fourth-order valence-corrected chi connectivity index (χ4v) is 3.25. The molecular weight excluding hydrogens is 390 g/mol. The molecule has 0 bridgehead atoms. The average molecular weight is 412 g/mol. The van der Waals surface area contributed by atoms with Crippen molar-refractivity contribution in [3.63, 3.8) is 0 Å². The fraction of sp³-hybridized carbons (Fsp3) is 0.304. The van der Waals surface area contributed by atoms with E-state index < -0.39 is 29.2 Å². The quantitative estimate of drug-likeness (QED) is 0.745. The molecule has 1 heterocycles. The maximum absolute atomic E-state index is 14.9. The topological polar surface area (TPSA) is 71.3 Å². The summed E-state index contributed by atoms with van der Waals surface area (Å²) in [6, 6.07) is 11.1. The number of halogens is 2. The van der Waals surface area contributed by atoms with Crippen molar-refractivity contribution in [3.05, 3.63) is 76.4 Å². The Hall–Kier alpha value is -3.08. The SMILES string of the molecule is CCOC(C(=O)NCc1ccc(C#N)cc1)c1c(F)cc(C2=CCOCC2)cc1F. The molecular formula is C23H22F2N2O3. The molecule has 1 N–H and O–H groups in total. The molecule has 0 aromatic heterocycles. The van der Waals surface area contributed by atoms with Crippen LogP contribution in [0.25, 0.3) is 5.57 Å². The molecule has 7 heteroatoms. The maximum Gasteiger partial charge on any atom is 0.254 e. The second-order valence-corrected chi connectivity index (χ2v) is 6.77. The number of benzene rings is 2. The highest BCUT2D eigenvalue weighted by Gasteiger charge is 2.28. The lowest BCUT2D eigenvalue weighted by Crippen LogP contribution is -2.31. The van der Waals surface area contributed by atoms with Crippen LogP contribution in [0.15, 0.2) is 42.5 Å². The Morgan fingerprint density at radius 3 is 2.53 bits per heavy atom. The molecule has 0 radical (unpaired) electrons. The summed E-state index contributed by atoms with van der Waals surface area (Å²) in [4.78, 5) is 12.7. The number of nitrogens with one attached hydrogen (secondary N) is 1. The standard InChI is InChI=1S/C23H22F2N2O3/c1-2-30-22(23(28)27-14-16-5-3-15(13-26)4-6-16)21-19(24)11-18(12-20(21)25)17-7-9-29-10-8-17/h3-7,11-12,22H,2,8-10,14H2,1H3,(H,27,28). The fourth-order valence-electron chi connectivity index (χ4n) is 3.25. The highest BCUT2D eigenvalue weighted by molar-refractivity contribution is 5.82. The average Bonchev–Trinajstić information content (AvgIpc) is 2.77. The van der Waals surface area contributed by atoms with Crippen molar-refractivity contribution in [2.75, 3.05) is 19.8 Å². The molecule has 0 saturated heterocycles. The number of carbonyl (C=O) groups is 1. The van der Waals surface area contributed by atoms with E-state index in [-0.39, 0.29) is 13.2 Å². The van der Waals surface area contributed by atoms with Gasteiger partial charge in [0.2, 0.25) is 0 Å². The lowest BCUT2D eigenvalue weighted by molar-refractivity contribution is -0.133. The summed E-state index contributed by atoms with van der Waals surface area (Å²) in [7, 11) is 0. The summed E-state index contributed by atoms with van der Waals surface area (Å²) in [5.41, 5.74) is 2.08. The Balaban J connectivity index is 1.79. The zero-order valence-electron chi connectivity index (χ0n) is 16.6. The largest absolute Gasteiger partial charge is 0.377 e. The van der Waals surface area contributed by atoms with E-state index in [0.29, 0.717) is 30.8 Å². The van der Waals surface area contributed by atoms with Crippen molar-refractivity contribution < 1.29 is 23.0 Å². The number of carbonyl (C=O) groups excluding carboxylic acids is 1. The summed E-state index contributed by atoms with van der Waals surface area (Å²) in [6.45, 7) is 2.80. The van der Waals surface area contributed by atoms with Crippen LogP contribution in [0.5, 0.6) is 0 Å². The van der Waals surface area contributed by atoms with Gasteiger partial charge >= 0.3 is 0 Å². The van der Waals surface area contributed by atoms with Gasteiger partial charge in [-0.2, -0.15) is 5.26 Å². The predicted octanol–water partition coefficient (Wildman–Crippen LogP) is 4.03. The van der Waals surface area contributed by atoms with Crippen LogP contribution in [0, 0.1) is 23.0 Å². The summed E-state index contributed by atoms with van der Waals surface area (Å²) in [5, 5.41) is 11.5. The molecule has 0 spiro atoms. The lowest BCUT2D eigenvalue weighted by atomic mass is 9.97. The minimum atomic E-state index is -1.41. The molecule has 1 unspecified atom stereocenters. The smallest absolute Gasteiger partial charge is 0.254 e. The van der Waals surface area contributed by atoms with Crippen molar-refractivity contribution >= 4 is 11.5 Å². The third kappa shape index (κ3) is 5.09. The third-order valence-corrected chi connectivity index (χ3v) is 4.80. The minimum Gasteiger partial charge on any atom is -0.377 e. The summed E-state index contributed by atoms with van der Waals surface area (Å²) in [6.07, 6.45) is 0.950. The first-order valence-corrected chi connectivity index (χ1v) is 9.68. The number of hydrogen-bond acceptors (Lipinski definition) is 4. The van der Waals surface area contributed by atoms with E-state index in [1.54, 1.807) is 37.3 Å². The number of amides is 1. The van der Waals surface area contributed by atoms with E-state index in [4.69, 9.17) is 14.7 Å². The monoisotopic (exact) mass is 412 g/mol. The van der Waals surface area contributed by atoms with E-state index in [9.17, 15) is 13.6 Å². The second-order valence-electron chi connectivity index (χ2n) is 6.77. The molecule has 0 fully saturated rings. The molecule has 0 aliphatic carbocycles. The summed E-state index contributed by atoms with van der Waals surface area (Å²) >= 11 is 0. The van der Waals surface area contributed by atoms with E-state index in [2.05, 4.69) is 5.32 Å². The molecule has 156 valence electrons. The maximum atomic E-state index is 14.9. The molecule has 1 atom stereocenters. The van der Waals surface area contributed by atoms with Gasteiger partial charge < -0.3 is 14.8 Å². The Kier molecular flexibility index (Phi) is 7.28. The van der Waals surface area contributed by atoms with E-state index in [0.717, 1.165) is 11.1 Å². The Morgan fingerprint density at radius 2 is 1.97 bits per heavy atom. The van der Waals surface area contributed by atoms with Crippen LogP contribution in [-0.4, -0.2) is 25.7 Å². The van der Waals surface area contributed by atoms with Gasteiger partial charge in [0.25, 0.3) is 5.91 Å². The number of hydrogen-bond donors (Lipinski definition) is 1. The number of nitrogens with zero attached hydrogens (tertiary/aromatic N) is 1. The van der Waals surface area contributed by atoms with Crippen molar-refractivity contribution in [2.45, 2.75) is 26.0 Å². The Morgan fingerprint density at radius 1 is 1.27 bits per heavy atom. The van der Waals surface area contributed by atoms with Gasteiger partial charge in [-0.05, 0) is 54.3 Å². The molecule has 2 aromatic carbocycles. The molecule has 1 aliphatic heterocycles. The zero-order chi connectivity index (χ0) is 21.5. The van der Waals surface area contributed by atoms with Crippen LogP contribution in [0.1, 0.15) is 41.7 Å². The highest BCUT2D eigenvalue weighted by atomic mass is 19.1. The van der Waals surface area contributed by atoms with Crippen LogP contribution in [-0.2, 0) is 20.8 Å². The molecule has 3 rings (SSSR count). The molecule has 0 saturated carbocycles. The van der Waals surface area contributed by atoms with Crippen LogP contribution >= 0.6 is 0 Å². The summed E-state index contributed by atoms with van der Waals surface area (Å²) < 4.78 is 40.3. The second kappa shape index (κ2) is 10.1. The van der Waals surface area contributed by atoms with Gasteiger partial charge in [0, 0.05) is 13.2 Å². The molecule has 2 aromatic rings. The minimum absolute atomic E-state index is 0.109. The van der Waals surface area contributed by atoms with Gasteiger partial charge in [0.05, 0.1) is 30.4 Å². The van der Waals surface area contributed by atoms with Crippen molar-refractivity contribution in [1.29, 1.82) is 5.26 Å². The summed E-state index contributed by atoms with van der Waals surface area (Å²) in [5.74, 6) is -2.30. The first kappa shape index (κ1) is 21.6. The molecule has 1 aliphatic rings. The molecule has 5 nitrogen and oxygen atoms in total. The zero-order valence-corrected chi connectivity index (χ0v) is 16.6. The Bertz CT molecular complexity index is 958. The Labute approximate surface area is 173 Å². The first-order chi connectivity index (χ1) is 14.5. The first-order valence-electron chi connectivity index (χ1n) is 9.68. The van der Waals surface area contributed by atoms with E-state index in [1.165, 1.54) is 12.1 Å². The lowest BCUT2D eigenvalue weighted by Gasteiger charge is -2.20. The van der Waals surface area contributed by atoms with Gasteiger partial charge in [0.1, 0.15) is 11.6 Å².